The van der Waals surface area contributed by atoms with Crippen molar-refractivity contribution in [1.29, 1.82) is 0 Å². The van der Waals surface area contributed by atoms with Crippen molar-refractivity contribution in [3.63, 3.8) is 0 Å². The number of fused-ring (bicyclic) bond motifs is 1. The summed E-state index contributed by atoms with van der Waals surface area (Å²) in [5.74, 6) is -0.104. The molecule has 1 amide bonds. The second kappa shape index (κ2) is 6.00. The van der Waals surface area contributed by atoms with E-state index in [-0.39, 0.29) is 12.0 Å². The Morgan fingerprint density at radius 2 is 2.33 bits per heavy atom. The SMILES string of the molecule is Cc1nc2cc(Cl)ccc2cc1C(=O)NCC1CCCO1. The number of carbonyl (C=O) groups is 1. The van der Waals surface area contributed by atoms with Crippen molar-refractivity contribution in [3.05, 3.63) is 40.5 Å². The minimum Gasteiger partial charge on any atom is -0.376 e. The topological polar surface area (TPSA) is 51.2 Å². The number of benzene rings is 1. The van der Waals surface area contributed by atoms with Gasteiger partial charge in [-0.05, 0) is 38.0 Å². The summed E-state index contributed by atoms with van der Waals surface area (Å²) in [5.41, 5.74) is 2.10. The lowest BCUT2D eigenvalue weighted by Crippen LogP contribution is -2.32. The van der Waals surface area contributed by atoms with Gasteiger partial charge in [0.15, 0.2) is 0 Å². The molecule has 1 aromatic heterocycles. The third-order valence-electron chi connectivity index (χ3n) is 3.73. The first kappa shape index (κ1) is 14.3. The second-order valence-corrected chi connectivity index (χ2v) is 5.74. The zero-order chi connectivity index (χ0) is 14.8. The largest absolute Gasteiger partial charge is 0.376 e. The van der Waals surface area contributed by atoms with Gasteiger partial charge < -0.3 is 10.1 Å². The summed E-state index contributed by atoms with van der Waals surface area (Å²) in [5, 5.41) is 4.48. The van der Waals surface area contributed by atoms with E-state index in [2.05, 4.69) is 10.3 Å². The first-order valence-corrected chi connectivity index (χ1v) is 7.48. The average Bonchev–Trinajstić information content (AvgIpc) is 2.97. The van der Waals surface area contributed by atoms with Crippen molar-refractivity contribution in [3.8, 4) is 0 Å². The van der Waals surface area contributed by atoms with Crippen LogP contribution < -0.4 is 5.32 Å². The molecule has 4 nitrogen and oxygen atoms in total. The highest BCUT2D eigenvalue weighted by Gasteiger charge is 2.18. The highest BCUT2D eigenvalue weighted by atomic mass is 35.5. The third kappa shape index (κ3) is 3.17. The molecule has 1 atom stereocenters. The summed E-state index contributed by atoms with van der Waals surface area (Å²) in [4.78, 5) is 16.8. The van der Waals surface area contributed by atoms with Crippen LogP contribution in [0.2, 0.25) is 5.02 Å². The van der Waals surface area contributed by atoms with E-state index in [0.717, 1.165) is 30.4 Å². The van der Waals surface area contributed by atoms with Crippen molar-refractivity contribution in [2.45, 2.75) is 25.9 Å². The van der Waals surface area contributed by atoms with Gasteiger partial charge in [0.25, 0.3) is 5.91 Å². The summed E-state index contributed by atoms with van der Waals surface area (Å²) in [7, 11) is 0. The number of carbonyl (C=O) groups excluding carboxylic acids is 1. The number of ether oxygens (including phenoxy) is 1. The number of halogens is 1. The Morgan fingerprint density at radius 3 is 3.10 bits per heavy atom. The Balaban J connectivity index is 1.80. The fraction of sp³-hybridized carbons (Fsp3) is 0.375. The third-order valence-corrected chi connectivity index (χ3v) is 3.96. The van der Waals surface area contributed by atoms with Crippen LogP contribution in [0.1, 0.15) is 28.9 Å². The molecule has 1 saturated heterocycles. The zero-order valence-electron chi connectivity index (χ0n) is 11.9. The zero-order valence-corrected chi connectivity index (χ0v) is 12.6. The van der Waals surface area contributed by atoms with Crippen LogP contribution >= 0.6 is 11.6 Å². The van der Waals surface area contributed by atoms with Gasteiger partial charge in [-0.3, -0.25) is 9.78 Å². The average molecular weight is 305 g/mol. The monoisotopic (exact) mass is 304 g/mol. The van der Waals surface area contributed by atoms with E-state index in [1.54, 1.807) is 12.1 Å². The summed E-state index contributed by atoms with van der Waals surface area (Å²) >= 11 is 5.96. The van der Waals surface area contributed by atoms with Crippen molar-refractivity contribution in [2.75, 3.05) is 13.2 Å². The van der Waals surface area contributed by atoms with E-state index in [1.807, 2.05) is 19.1 Å². The Kier molecular flexibility index (Phi) is 4.08. The van der Waals surface area contributed by atoms with Gasteiger partial charge in [0.05, 0.1) is 22.9 Å². The standard InChI is InChI=1S/C16H17ClN2O2/c1-10-14(16(20)18-9-13-3-2-6-21-13)7-11-4-5-12(17)8-15(11)19-10/h4-5,7-8,13H,2-3,6,9H2,1H3,(H,18,20). The van der Waals surface area contributed by atoms with Crippen LogP contribution in [0.4, 0.5) is 0 Å². The number of nitrogens with one attached hydrogen (secondary N) is 1. The molecule has 0 bridgehead atoms. The van der Waals surface area contributed by atoms with Crippen LogP contribution in [0.3, 0.4) is 0 Å². The second-order valence-electron chi connectivity index (χ2n) is 5.30. The maximum atomic E-state index is 12.3. The van der Waals surface area contributed by atoms with Gasteiger partial charge in [-0.1, -0.05) is 17.7 Å². The predicted molar refractivity (Wildman–Crippen MR) is 82.8 cm³/mol. The first-order chi connectivity index (χ1) is 10.1. The fourth-order valence-electron chi connectivity index (χ4n) is 2.57. The highest BCUT2D eigenvalue weighted by molar-refractivity contribution is 6.31. The summed E-state index contributed by atoms with van der Waals surface area (Å²) in [6.07, 6.45) is 2.22. The van der Waals surface area contributed by atoms with E-state index in [4.69, 9.17) is 16.3 Å². The van der Waals surface area contributed by atoms with Gasteiger partial charge in [0, 0.05) is 23.6 Å². The lowest BCUT2D eigenvalue weighted by molar-refractivity contribution is 0.0857. The van der Waals surface area contributed by atoms with Gasteiger partial charge >= 0.3 is 0 Å². The van der Waals surface area contributed by atoms with E-state index >= 15 is 0 Å². The maximum absolute atomic E-state index is 12.3. The summed E-state index contributed by atoms with van der Waals surface area (Å²) < 4.78 is 5.51. The van der Waals surface area contributed by atoms with Crippen molar-refractivity contribution in [1.82, 2.24) is 10.3 Å². The van der Waals surface area contributed by atoms with Crippen LogP contribution in [0, 0.1) is 6.92 Å². The smallest absolute Gasteiger partial charge is 0.253 e. The Labute approximate surface area is 128 Å². The van der Waals surface area contributed by atoms with Crippen LogP contribution in [-0.4, -0.2) is 30.1 Å². The van der Waals surface area contributed by atoms with Gasteiger partial charge in [-0.15, -0.1) is 0 Å². The van der Waals surface area contributed by atoms with Crippen molar-refractivity contribution < 1.29 is 9.53 Å². The van der Waals surface area contributed by atoms with Crippen LogP contribution in [0.25, 0.3) is 10.9 Å². The first-order valence-electron chi connectivity index (χ1n) is 7.10. The van der Waals surface area contributed by atoms with Gasteiger partial charge in [-0.25, -0.2) is 0 Å². The molecule has 1 aromatic carbocycles. The number of aryl methyl sites for hydroxylation is 1. The summed E-state index contributed by atoms with van der Waals surface area (Å²) in [6, 6.07) is 7.34. The molecule has 0 radical (unpaired) electrons. The van der Waals surface area contributed by atoms with E-state index in [9.17, 15) is 4.79 Å². The molecule has 1 aliphatic rings. The number of rotatable bonds is 3. The fourth-order valence-corrected chi connectivity index (χ4v) is 2.74. The molecule has 2 heterocycles. The minimum atomic E-state index is -0.104. The van der Waals surface area contributed by atoms with Crippen molar-refractivity contribution >= 4 is 28.4 Å². The Morgan fingerprint density at radius 1 is 1.48 bits per heavy atom. The molecule has 1 fully saturated rings. The number of hydrogen-bond acceptors (Lipinski definition) is 3. The molecule has 110 valence electrons. The molecular formula is C16H17ClN2O2. The molecule has 1 N–H and O–H groups in total. The number of hydrogen-bond donors (Lipinski definition) is 1. The van der Waals surface area contributed by atoms with Crippen molar-refractivity contribution in [2.24, 2.45) is 0 Å². The molecule has 2 aromatic rings. The number of nitrogens with zero attached hydrogens (tertiary/aromatic N) is 1. The highest BCUT2D eigenvalue weighted by Crippen LogP contribution is 2.20. The predicted octanol–water partition coefficient (Wildman–Crippen LogP) is 3.11. The number of aromatic nitrogens is 1. The number of pyridine rings is 1. The normalized spacial score (nSPS) is 18.1. The van der Waals surface area contributed by atoms with E-state index in [1.165, 1.54) is 0 Å². The van der Waals surface area contributed by atoms with Gasteiger partial charge in [-0.2, -0.15) is 0 Å². The molecular weight excluding hydrogens is 288 g/mol. The molecule has 1 unspecified atom stereocenters. The molecule has 0 aliphatic carbocycles. The molecule has 5 heteroatoms. The lowest BCUT2D eigenvalue weighted by Gasteiger charge is -2.12. The Hall–Kier alpha value is -1.65. The molecule has 21 heavy (non-hydrogen) atoms. The van der Waals surface area contributed by atoms with Crippen LogP contribution in [-0.2, 0) is 4.74 Å². The number of amides is 1. The summed E-state index contributed by atoms with van der Waals surface area (Å²) in [6.45, 7) is 3.18. The lowest BCUT2D eigenvalue weighted by atomic mass is 10.1. The molecule has 1 aliphatic heterocycles. The maximum Gasteiger partial charge on any atom is 0.253 e. The van der Waals surface area contributed by atoms with E-state index in [0.29, 0.717) is 22.8 Å². The van der Waals surface area contributed by atoms with E-state index < -0.39 is 0 Å². The van der Waals surface area contributed by atoms with Gasteiger partial charge in [0.1, 0.15) is 0 Å². The molecule has 0 saturated carbocycles. The van der Waals surface area contributed by atoms with Crippen LogP contribution in [0.5, 0.6) is 0 Å². The molecule has 0 spiro atoms. The molecule has 3 rings (SSSR count). The van der Waals surface area contributed by atoms with Gasteiger partial charge in [0.2, 0.25) is 0 Å². The Bertz CT molecular complexity index is 681. The quantitative estimate of drug-likeness (QED) is 0.948. The van der Waals surface area contributed by atoms with Crippen LogP contribution in [0.15, 0.2) is 24.3 Å². The minimum absolute atomic E-state index is 0.104.